The number of amides is 2. The number of H-pyrrole nitrogens is 1. The Morgan fingerprint density at radius 1 is 1.22 bits per heavy atom. The molecule has 0 atom stereocenters. The van der Waals surface area contributed by atoms with Crippen LogP contribution in [0.4, 0.5) is 13.6 Å². The number of piperidine rings is 1. The van der Waals surface area contributed by atoms with Gasteiger partial charge in [-0.3, -0.25) is 9.59 Å². The normalized spacial score (nSPS) is 19.7. The maximum absolute atomic E-state index is 13.5. The Labute approximate surface area is 211 Å². The van der Waals surface area contributed by atoms with Gasteiger partial charge in [0.15, 0.2) is 5.84 Å². The van der Waals surface area contributed by atoms with Gasteiger partial charge in [0.1, 0.15) is 11.2 Å². The molecular weight excluding hydrogens is 490 g/mol. The highest BCUT2D eigenvalue weighted by atomic mass is 19.3. The summed E-state index contributed by atoms with van der Waals surface area (Å²) in [4.78, 5) is 41.9. The fourth-order valence-corrected chi connectivity index (χ4v) is 4.83. The number of hydrogen-bond acceptors (Lipinski definition) is 7. The van der Waals surface area contributed by atoms with Crippen molar-refractivity contribution >= 4 is 23.5 Å². The number of halogens is 2. The minimum absolute atomic E-state index is 0.0231. The zero-order valence-electron chi connectivity index (χ0n) is 21.1. The molecule has 37 heavy (non-hydrogen) atoms. The van der Waals surface area contributed by atoms with E-state index in [2.05, 4.69) is 20.6 Å². The van der Waals surface area contributed by atoms with Crippen LogP contribution < -0.4 is 10.9 Å². The largest absolute Gasteiger partial charge is 0.444 e. The molecule has 2 amide bonds. The molecule has 2 aromatic heterocycles. The van der Waals surface area contributed by atoms with E-state index in [0.717, 1.165) is 0 Å². The molecule has 1 saturated carbocycles. The number of aromatic nitrogens is 3. The minimum atomic E-state index is -2.77. The Morgan fingerprint density at radius 3 is 2.46 bits per heavy atom. The van der Waals surface area contributed by atoms with Gasteiger partial charge >= 0.3 is 6.09 Å². The molecule has 0 spiro atoms. The summed E-state index contributed by atoms with van der Waals surface area (Å²) in [5.74, 6) is -4.25. The van der Waals surface area contributed by atoms with E-state index >= 15 is 0 Å². The summed E-state index contributed by atoms with van der Waals surface area (Å²) in [7, 11) is 0. The lowest BCUT2D eigenvalue weighted by molar-refractivity contribution is -0.127. The number of ether oxygens (including phenoxy) is 1. The third-order valence-electron chi connectivity index (χ3n) is 6.78. The summed E-state index contributed by atoms with van der Waals surface area (Å²) in [6.45, 7) is 6.31. The molecule has 11 nitrogen and oxygen atoms in total. The van der Waals surface area contributed by atoms with Crippen molar-refractivity contribution < 1.29 is 28.3 Å². The van der Waals surface area contributed by atoms with Gasteiger partial charge in [-0.1, -0.05) is 5.16 Å². The van der Waals surface area contributed by atoms with E-state index in [9.17, 15) is 28.4 Å². The van der Waals surface area contributed by atoms with Gasteiger partial charge in [0.25, 0.3) is 5.56 Å². The van der Waals surface area contributed by atoms with Crippen LogP contribution >= 0.6 is 0 Å². The molecule has 202 valence electrons. The number of aromatic amines is 1. The van der Waals surface area contributed by atoms with Crippen LogP contribution in [0.2, 0.25) is 0 Å². The van der Waals surface area contributed by atoms with Crippen LogP contribution in [-0.2, 0) is 9.53 Å². The van der Waals surface area contributed by atoms with Gasteiger partial charge in [0.05, 0.1) is 17.5 Å². The predicted molar refractivity (Wildman–Crippen MR) is 129 cm³/mol. The number of nitrogens with zero attached hydrogens (tertiary/aromatic N) is 4. The molecule has 3 N–H and O–H groups in total. The molecule has 2 aromatic rings. The third-order valence-corrected chi connectivity index (χ3v) is 6.78. The second-order valence-corrected chi connectivity index (χ2v) is 10.7. The molecule has 0 unspecified atom stereocenters. The van der Waals surface area contributed by atoms with Gasteiger partial charge in [-0.2, -0.15) is 5.10 Å². The first-order valence-electron chi connectivity index (χ1n) is 12.4. The van der Waals surface area contributed by atoms with E-state index in [4.69, 9.17) is 4.74 Å². The van der Waals surface area contributed by atoms with Crippen LogP contribution in [0.5, 0.6) is 0 Å². The second kappa shape index (κ2) is 10.1. The van der Waals surface area contributed by atoms with Gasteiger partial charge in [0.2, 0.25) is 11.8 Å². The van der Waals surface area contributed by atoms with E-state index in [1.807, 2.05) is 0 Å². The average Bonchev–Trinajstić information content (AvgIpc) is 3.24. The molecule has 4 rings (SSSR count). The number of carbonyl (C=O) groups is 2. The number of rotatable bonds is 3. The molecular formula is C24H32F2N6O5. The Bertz CT molecular complexity index is 1250. The fourth-order valence-electron chi connectivity index (χ4n) is 4.83. The number of fused-ring (bicyclic) bond motifs is 1. The summed E-state index contributed by atoms with van der Waals surface area (Å²) in [5, 5.41) is 19.6. The van der Waals surface area contributed by atoms with Crippen molar-refractivity contribution in [1.82, 2.24) is 24.8 Å². The van der Waals surface area contributed by atoms with Crippen LogP contribution in [0.25, 0.3) is 5.65 Å². The molecule has 1 aliphatic carbocycles. The fraction of sp³-hybridized carbons (Fsp3) is 0.625. The number of nitrogens with one attached hydrogen (secondary N) is 2. The quantitative estimate of drug-likeness (QED) is 0.245. The summed E-state index contributed by atoms with van der Waals surface area (Å²) in [6.07, 6.45) is 1.42. The number of alkyl halides is 2. The van der Waals surface area contributed by atoms with E-state index < -0.39 is 28.9 Å². The van der Waals surface area contributed by atoms with Crippen LogP contribution in [0.15, 0.2) is 22.2 Å². The number of likely N-dealkylation sites (tertiary alicyclic amines) is 1. The summed E-state index contributed by atoms with van der Waals surface area (Å²) >= 11 is 0. The molecule has 1 saturated heterocycles. The van der Waals surface area contributed by atoms with Crippen molar-refractivity contribution in [2.75, 3.05) is 13.1 Å². The molecule has 0 radical (unpaired) electrons. The summed E-state index contributed by atoms with van der Waals surface area (Å²) < 4.78 is 33.9. The van der Waals surface area contributed by atoms with Gasteiger partial charge < -0.3 is 25.1 Å². The lowest BCUT2D eigenvalue weighted by Gasteiger charge is -2.33. The SMILES string of the molecule is CC(C)(C)OC(=O)N1CCC(c2cc(=O)[nH]c3c(C(=NO)NC(=O)C4CCC(F)(F)CC4)cnn23)CC1. The van der Waals surface area contributed by atoms with Crippen LogP contribution in [0.1, 0.15) is 76.5 Å². The van der Waals surface area contributed by atoms with Crippen LogP contribution in [0, 0.1) is 5.92 Å². The average molecular weight is 523 g/mol. The maximum Gasteiger partial charge on any atom is 0.410 e. The monoisotopic (exact) mass is 522 g/mol. The molecule has 2 fully saturated rings. The highest BCUT2D eigenvalue weighted by Gasteiger charge is 2.38. The van der Waals surface area contributed by atoms with Crippen LogP contribution in [-0.4, -0.2) is 67.2 Å². The zero-order chi connectivity index (χ0) is 27.0. The molecule has 13 heteroatoms. The summed E-state index contributed by atoms with van der Waals surface area (Å²) in [5.41, 5.74) is 0.0215. The van der Waals surface area contributed by atoms with E-state index in [0.29, 0.717) is 31.6 Å². The Morgan fingerprint density at radius 2 is 1.86 bits per heavy atom. The molecule has 0 bridgehead atoms. The van der Waals surface area contributed by atoms with Crippen molar-refractivity contribution in [2.45, 2.75) is 76.7 Å². The number of oxime groups is 1. The number of amidine groups is 1. The van der Waals surface area contributed by atoms with E-state index in [1.54, 1.807) is 25.7 Å². The first-order chi connectivity index (χ1) is 17.4. The van der Waals surface area contributed by atoms with E-state index in [1.165, 1.54) is 16.8 Å². The van der Waals surface area contributed by atoms with Crippen molar-refractivity contribution in [1.29, 1.82) is 0 Å². The number of hydrogen-bond donors (Lipinski definition) is 3. The maximum atomic E-state index is 13.5. The summed E-state index contributed by atoms with van der Waals surface area (Å²) in [6, 6.07) is 1.44. The molecule has 2 aliphatic rings. The first-order valence-corrected chi connectivity index (χ1v) is 12.4. The van der Waals surface area contributed by atoms with Crippen molar-refractivity contribution in [3.05, 3.63) is 33.9 Å². The van der Waals surface area contributed by atoms with Crippen molar-refractivity contribution in [2.24, 2.45) is 11.1 Å². The van der Waals surface area contributed by atoms with Crippen molar-refractivity contribution in [3.8, 4) is 0 Å². The highest BCUT2D eigenvalue weighted by molar-refractivity contribution is 6.11. The molecule has 0 aromatic carbocycles. The highest BCUT2D eigenvalue weighted by Crippen LogP contribution is 2.36. The minimum Gasteiger partial charge on any atom is -0.444 e. The lowest BCUT2D eigenvalue weighted by Crippen LogP contribution is -2.41. The molecule has 3 heterocycles. The Kier molecular flexibility index (Phi) is 7.24. The van der Waals surface area contributed by atoms with Crippen LogP contribution in [0.3, 0.4) is 0 Å². The lowest BCUT2D eigenvalue weighted by atomic mass is 9.86. The Hall–Kier alpha value is -3.51. The second-order valence-electron chi connectivity index (χ2n) is 10.7. The smallest absolute Gasteiger partial charge is 0.410 e. The van der Waals surface area contributed by atoms with Gasteiger partial charge in [-0.15, -0.1) is 0 Å². The predicted octanol–water partition coefficient (Wildman–Crippen LogP) is 3.21. The van der Waals surface area contributed by atoms with Crippen molar-refractivity contribution in [3.63, 3.8) is 0 Å². The van der Waals surface area contributed by atoms with E-state index in [-0.39, 0.29) is 54.7 Å². The Balaban J connectivity index is 1.50. The van der Waals surface area contributed by atoms with Gasteiger partial charge in [-0.05, 0) is 46.5 Å². The van der Waals surface area contributed by atoms with Gasteiger partial charge in [-0.25, -0.2) is 18.1 Å². The standard InChI is InChI=1S/C24H32F2N6O5/c1-23(2,3)37-22(35)31-10-6-14(7-11-31)17-12-18(33)28-20-16(13-27-32(17)20)19(30-36)29-21(34)15-4-8-24(25,26)9-5-15/h12-15,36H,4-11H2,1-3H3,(H,28,33)(H,29,30,34). The third kappa shape index (κ3) is 6.08. The first kappa shape index (κ1) is 26.6. The molecule has 1 aliphatic heterocycles. The zero-order valence-corrected chi connectivity index (χ0v) is 21.1. The number of carbonyl (C=O) groups excluding carboxylic acids is 2. The topological polar surface area (TPSA) is 141 Å². The van der Waals surface area contributed by atoms with Gasteiger partial charge in [0, 0.05) is 43.8 Å².